The molecule has 0 bridgehead atoms. The molecule has 0 spiro atoms. The highest BCUT2D eigenvalue weighted by Crippen LogP contribution is 2.35. The van der Waals surface area contributed by atoms with E-state index in [0.717, 1.165) is 64.4 Å². The summed E-state index contributed by atoms with van der Waals surface area (Å²) in [6, 6.07) is -0.140. The first-order valence-electron chi connectivity index (χ1n) is 11.5. The van der Waals surface area contributed by atoms with Gasteiger partial charge in [0.25, 0.3) is 0 Å². The van der Waals surface area contributed by atoms with Gasteiger partial charge in [-0.25, -0.2) is 0 Å². The van der Waals surface area contributed by atoms with Crippen LogP contribution in [0.5, 0.6) is 0 Å². The number of likely N-dealkylation sites (tertiary alicyclic amines) is 1. The molecule has 3 aliphatic rings. The van der Waals surface area contributed by atoms with Crippen molar-refractivity contribution in [3.8, 4) is 0 Å². The Morgan fingerprint density at radius 2 is 1.93 bits per heavy atom. The lowest BCUT2D eigenvalue weighted by Crippen LogP contribution is -2.67. The van der Waals surface area contributed by atoms with Gasteiger partial charge in [-0.05, 0) is 50.6 Å². The number of piperidine rings is 1. The van der Waals surface area contributed by atoms with Crippen molar-refractivity contribution in [3.63, 3.8) is 0 Å². The van der Waals surface area contributed by atoms with E-state index in [4.69, 9.17) is 5.73 Å². The van der Waals surface area contributed by atoms with Crippen LogP contribution in [0.25, 0.3) is 0 Å². The second kappa shape index (κ2) is 10.0. The number of nitrogens with two attached hydrogens (primary N) is 1. The van der Waals surface area contributed by atoms with Crippen molar-refractivity contribution in [3.05, 3.63) is 0 Å². The van der Waals surface area contributed by atoms with Crippen LogP contribution in [0.4, 0.5) is 0 Å². The lowest BCUT2D eigenvalue weighted by molar-refractivity contribution is -0.149. The molecule has 2 aliphatic heterocycles. The molecule has 1 saturated carbocycles. The normalized spacial score (nSPS) is 26.3. The Morgan fingerprint density at radius 3 is 2.52 bits per heavy atom. The predicted octanol–water partition coefficient (Wildman–Crippen LogP) is 1.30. The minimum atomic E-state index is -0.743. The number of carbonyl (C=O) groups is 3. The third kappa shape index (κ3) is 5.79. The third-order valence-corrected chi connectivity index (χ3v) is 6.97. The molecule has 1 aliphatic carbocycles. The van der Waals surface area contributed by atoms with Crippen LogP contribution in [0, 0.1) is 11.8 Å². The third-order valence-electron chi connectivity index (χ3n) is 6.97. The summed E-state index contributed by atoms with van der Waals surface area (Å²) in [6.45, 7) is 5.78. The van der Waals surface area contributed by atoms with E-state index in [-0.39, 0.29) is 17.9 Å². The molecule has 2 saturated heterocycles. The molecule has 7 nitrogen and oxygen atoms in total. The molecule has 3 rings (SSSR count). The van der Waals surface area contributed by atoms with Gasteiger partial charge in [-0.3, -0.25) is 9.59 Å². The van der Waals surface area contributed by atoms with Gasteiger partial charge in [0, 0.05) is 26.1 Å². The molecule has 3 N–H and O–H groups in total. The number of piperazine rings is 1. The molecule has 3 fully saturated rings. The van der Waals surface area contributed by atoms with Gasteiger partial charge in [-0.15, -0.1) is 0 Å². The second-order valence-corrected chi connectivity index (χ2v) is 9.39. The molecule has 0 radical (unpaired) electrons. The van der Waals surface area contributed by atoms with Gasteiger partial charge in [0.15, 0.2) is 0 Å². The van der Waals surface area contributed by atoms with Crippen molar-refractivity contribution in [2.75, 3.05) is 32.7 Å². The van der Waals surface area contributed by atoms with Gasteiger partial charge >= 0.3 is 0 Å². The zero-order chi connectivity index (χ0) is 20.9. The first-order chi connectivity index (χ1) is 14.0. The monoisotopic (exact) mass is 406 g/mol. The fourth-order valence-electron chi connectivity index (χ4n) is 5.01. The highest BCUT2D eigenvalue weighted by atomic mass is 16.2. The molecule has 0 aromatic carbocycles. The summed E-state index contributed by atoms with van der Waals surface area (Å²) >= 11 is 0. The zero-order valence-electron chi connectivity index (χ0n) is 17.9. The van der Waals surface area contributed by atoms with E-state index < -0.39 is 5.54 Å². The van der Waals surface area contributed by atoms with Crippen LogP contribution >= 0.6 is 0 Å². The van der Waals surface area contributed by atoms with E-state index >= 15 is 0 Å². The molecule has 0 aromatic heterocycles. The van der Waals surface area contributed by atoms with Crippen LogP contribution in [0.1, 0.15) is 64.7 Å². The van der Waals surface area contributed by atoms with Crippen LogP contribution in [0.2, 0.25) is 0 Å². The standard InChI is InChI=1S/C22H38N4O3/c1-2-3-8-22(16-27,15-25-10-6-18(7-11-25)14-20(23)28)26-12-9-24-19(21(26)29)13-17-4-5-17/h16-19,24H,2-15H2,1H3,(H2,23,28)/t19-,22+/m0/s1. The smallest absolute Gasteiger partial charge is 0.240 e. The average Bonchev–Trinajstić information content (AvgIpc) is 3.52. The van der Waals surface area contributed by atoms with Crippen molar-refractivity contribution in [2.45, 2.75) is 76.3 Å². The summed E-state index contributed by atoms with van der Waals surface area (Å²) < 4.78 is 0. The Kier molecular flexibility index (Phi) is 7.68. The molecule has 2 heterocycles. The first-order valence-corrected chi connectivity index (χ1v) is 11.5. The Bertz CT molecular complexity index is 587. The number of rotatable bonds is 11. The van der Waals surface area contributed by atoms with Gasteiger partial charge in [0.05, 0.1) is 6.04 Å². The molecule has 7 heteroatoms. The number of aldehydes is 1. The van der Waals surface area contributed by atoms with Gasteiger partial charge in [-0.2, -0.15) is 0 Å². The maximum Gasteiger partial charge on any atom is 0.240 e. The number of nitrogens with zero attached hydrogens (tertiary/aromatic N) is 2. The van der Waals surface area contributed by atoms with Gasteiger partial charge in [0.1, 0.15) is 11.8 Å². The minimum Gasteiger partial charge on any atom is -0.370 e. The Morgan fingerprint density at radius 1 is 1.21 bits per heavy atom. The summed E-state index contributed by atoms with van der Waals surface area (Å²) in [7, 11) is 0. The molecule has 29 heavy (non-hydrogen) atoms. The van der Waals surface area contributed by atoms with Crippen molar-refractivity contribution in [1.82, 2.24) is 15.1 Å². The summed E-state index contributed by atoms with van der Waals surface area (Å²) in [5.74, 6) is 0.882. The highest BCUT2D eigenvalue weighted by Gasteiger charge is 2.45. The van der Waals surface area contributed by atoms with Crippen LogP contribution in [0.3, 0.4) is 0 Å². The van der Waals surface area contributed by atoms with Crippen LogP contribution in [0.15, 0.2) is 0 Å². The van der Waals surface area contributed by atoms with Crippen LogP contribution in [-0.2, 0) is 14.4 Å². The maximum atomic E-state index is 13.3. The number of nitrogens with one attached hydrogen (secondary N) is 1. The van der Waals surface area contributed by atoms with E-state index in [1.807, 2.05) is 4.90 Å². The zero-order valence-corrected chi connectivity index (χ0v) is 17.9. The predicted molar refractivity (Wildman–Crippen MR) is 112 cm³/mol. The van der Waals surface area contributed by atoms with E-state index in [1.165, 1.54) is 12.8 Å². The molecule has 2 atom stereocenters. The van der Waals surface area contributed by atoms with E-state index in [9.17, 15) is 14.4 Å². The Balaban J connectivity index is 1.68. The van der Waals surface area contributed by atoms with Gasteiger partial charge in [-0.1, -0.05) is 32.6 Å². The number of hydrogen-bond acceptors (Lipinski definition) is 5. The lowest BCUT2D eigenvalue weighted by Gasteiger charge is -2.47. The van der Waals surface area contributed by atoms with E-state index in [2.05, 4.69) is 17.1 Å². The molecular weight excluding hydrogens is 368 g/mol. The number of amides is 2. The van der Waals surface area contributed by atoms with Crippen molar-refractivity contribution < 1.29 is 14.4 Å². The number of carbonyl (C=O) groups excluding carboxylic acids is 3. The largest absolute Gasteiger partial charge is 0.370 e. The minimum absolute atomic E-state index is 0.106. The van der Waals surface area contributed by atoms with Gasteiger partial charge < -0.3 is 25.6 Å². The van der Waals surface area contributed by atoms with Crippen LogP contribution < -0.4 is 11.1 Å². The highest BCUT2D eigenvalue weighted by molar-refractivity contribution is 5.87. The van der Waals surface area contributed by atoms with E-state index in [0.29, 0.717) is 31.3 Å². The fraction of sp³-hybridized carbons (Fsp3) is 0.864. The lowest BCUT2D eigenvalue weighted by atomic mass is 9.87. The van der Waals surface area contributed by atoms with Crippen molar-refractivity contribution in [2.24, 2.45) is 17.6 Å². The fourth-order valence-corrected chi connectivity index (χ4v) is 5.01. The summed E-state index contributed by atoms with van der Waals surface area (Å²) in [5, 5.41) is 3.39. The molecule has 2 amide bonds. The quantitative estimate of drug-likeness (QED) is 0.504. The maximum absolute atomic E-state index is 13.3. The molecule has 0 aromatic rings. The SMILES string of the molecule is CCCC[C@](C=O)(CN1CCC(CC(N)=O)CC1)N1CCN[C@@H](CC2CC2)C1=O. The number of hydrogen-bond donors (Lipinski definition) is 2. The molecule has 0 unspecified atom stereocenters. The van der Waals surface area contributed by atoms with Crippen LogP contribution in [-0.4, -0.2) is 72.2 Å². The Hall–Kier alpha value is -1.47. The van der Waals surface area contributed by atoms with Crippen molar-refractivity contribution >= 4 is 18.1 Å². The number of primary amides is 1. The Labute approximate surface area is 174 Å². The van der Waals surface area contributed by atoms with Gasteiger partial charge in [0.2, 0.25) is 11.8 Å². The average molecular weight is 407 g/mol. The molecule has 164 valence electrons. The van der Waals surface area contributed by atoms with E-state index in [1.54, 1.807) is 0 Å². The first kappa shape index (κ1) is 22.2. The van der Waals surface area contributed by atoms with Crippen molar-refractivity contribution in [1.29, 1.82) is 0 Å². The summed E-state index contributed by atoms with van der Waals surface area (Å²) in [6.07, 6.45) is 9.34. The summed E-state index contributed by atoms with van der Waals surface area (Å²) in [5.41, 5.74) is 4.61. The molecular formula is C22H38N4O3. The second-order valence-electron chi connectivity index (χ2n) is 9.39. The summed E-state index contributed by atoms with van der Waals surface area (Å²) in [4.78, 5) is 41.2. The number of unbranched alkanes of at least 4 members (excludes halogenated alkanes) is 1. The topological polar surface area (TPSA) is 95.7 Å².